The molecule has 0 aliphatic carbocycles. The molecular formula is C28H34N4O3. The van der Waals surface area contributed by atoms with Crippen LogP contribution in [-0.2, 0) is 16.0 Å². The quantitative estimate of drug-likeness (QED) is 0.347. The van der Waals surface area contributed by atoms with Crippen LogP contribution in [0, 0.1) is 0 Å². The molecule has 35 heavy (non-hydrogen) atoms. The Morgan fingerprint density at radius 1 is 0.857 bits per heavy atom. The second-order valence-corrected chi connectivity index (χ2v) is 7.67. The SMILES string of the molecule is CC.Nc1ccc(C(=O)Nc2ccc(NC=O)cc2)cc1.O=C(Cc1ccccc1)N1CCCC1. The van der Waals surface area contributed by atoms with E-state index < -0.39 is 0 Å². The van der Waals surface area contributed by atoms with E-state index in [0.717, 1.165) is 18.7 Å². The normalized spacial score (nSPS) is 11.8. The summed E-state index contributed by atoms with van der Waals surface area (Å²) in [5, 5.41) is 5.27. The topological polar surface area (TPSA) is 105 Å². The van der Waals surface area contributed by atoms with Gasteiger partial charge in [0.2, 0.25) is 12.3 Å². The van der Waals surface area contributed by atoms with E-state index in [0.29, 0.717) is 35.5 Å². The van der Waals surface area contributed by atoms with Crippen LogP contribution in [0.2, 0.25) is 0 Å². The number of likely N-dealkylation sites (tertiary alicyclic amines) is 1. The molecule has 7 nitrogen and oxygen atoms in total. The summed E-state index contributed by atoms with van der Waals surface area (Å²) in [6.07, 6.45) is 3.49. The van der Waals surface area contributed by atoms with Crippen molar-refractivity contribution in [3.8, 4) is 0 Å². The van der Waals surface area contributed by atoms with Crippen LogP contribution in [0.25, 0.3) is 0 Å². The highest BCUT2D eigenvalue weighted by molar-refractivity contribution is 6.04. The largest absolute Gasteiger partial charge is 0.399 e. The molecule has 1 heterocycles. The van der Waals surface area contributed by atoms with Crippen molar-refractivity contribution in [3.63, 3.8) is 0 Å². The molecule has 1 aliphatic rings. The van der Waals surface area contributed by atoms with Crippen LogP contribution in [0.15, 0.2) is 78.9 Å². The summed E-state index contributed by atoms with van der Waals surface area (Å²) in [5.74, 6) is 0.0600. The Morgan fingerprint density at radius 3 is 2.00 bits per heavy atom. The zero-order valence-corrected chi connectivity index (χ0v) is 20.4. The lowest BCUT2D eigenvalue weighted by molar-refractivity contribution is -0.129. The van der Waals surface area contributed by atoms with E-state index in [1.807, 2.05) is 49.1 Å². The molecule has 3 amide bonds. The summed E-state index contributed by atoms with van der Waals surface area (Å²) < 4.78 is 0. The van der Waals surface area contributed by atoms with Crippen LogP contribution < -0.4 is 16.4 Å². The summed E-state index contributed by atoms with van der Waals surface area (Å²) in [6, 6.07) is 23.4. The summed E-state index contributed by atoms with van der Waals surface area (Å²) >= 11 is 0. The number of benzene rings is 3. The van der Waals surface area contributed by atoms with Gasteiger partial charge in [-0.1, -0.05) is 44.2 Å². The van der Waals surface area contributed by atoms with Gasteiger partial charge in [-0.2, -0.15) is 0 Å². The Balaban J connectivity index is 0.000000239. The molecule has 0 spiro atoms. The molecule has 0 unspecified atom stereocenters. The van der Waals surface area contributed by atoms with Gasteiger partial charge in [0.15, 0.2) is 0 Å². The fourth-order valence-corrected chi connectivity index (χ4v) is 3.40. The van der Waals surface area contributed by atoms with E-state index in [1.165, 1.54) is 12.8 Å². The second kappa shape index (κ2) is 14.9. The molecule has 0 aromatic heterocycles. The van der Waals surface area contributed by atoms with Gasteiger partial charge >= 0.3 is 0 Å². The van der Waals surface area contributed by atoms with Crippen LogP contribution >= 0.6 is 0 Å². The second-order valence-electron chi connectivity index (χ2n) is 7.67. The van der Waals surface area contributed by atoms with Crippen molar-refractivity contribution in [2.75, 3.05) is 29.5 Å². The zero-order chi connectivity index (χ0) is 25.5. The Kier molecular flexibility index (Phi) is 11.5. The molecule has 7 heteroatoms. The van der Waals surface area contributed by atoms with Crippen molar-refractivity contribution in [1.29, 1.82) is 0 Å². The van der Waals surface area contributed by atoms with Crippen molar-refractivity contribution >= 4 is 35.3 Å². The van der Waals surface area contributed by atoms with Crippen LogP contribution in [0.3, 0.4) is 0 Å². The third-order valence-electron chi connectivity index (χ3n) is 5.20. The van der Waals surface area contributed by atoms with E-state index in [9.17, 15) is 14.4 Å². The number of hydrogen-bond acceptors (Lipinski definition) is 4. The average molecular weight is 475 g/mol. The maximum Gasteiger partial charge on any atom is 0.255 e. The van der Waals surface area contributed by atoms with Gasteiger partial charge in [-0.3, -0.25) is 14.4 Å². The summed E-state index contributed by atoms with van der Waals surface area (Å²) in [7, 11) is 0. The summed E-state index contributed by atoms with van der Waals surface area (Å²) in [6.45, 7) is 5.90. The molecular weight excluding hydrogens is 440 g/mol. The van der Waals surface area contributed by atoms with Gasteiger partial charge in [0, 0.05) is 35.7 Å². The molecule has 0 saturated carbocycles. The molecule has 184 valence electrons. The van der Waals surface area contributed by atoms with Crippen LogP contribution in [0.5, 0.6) is 0 Å². The Morgan fingerprint density at radius 2 is 1.43 bits per heavy atom. The number of carbonyl (C=O) groups excluding carboxylic acids is 3. The first-order chi connectivity index (χ1) is 17.0. The minimum atomic E-state index is -0.212. The number of nitrogen functional groups attached to an aromatic ring is 1. The van der Waals surface area contributed by atoms with E-state index in [1.54, 1.807) is 48.5 Å². The smallest absolute Gasteiger partial charge is 0.255 e. The highest BCUT2D eigenvalue weighted by Crippen LogP contribution is 2.15. The monoisotopic (exact) mass is 474 g/mol. The fraction of sp³-hybridized carbons (Fsp3) is 0.250. The molecule has 3 aromatic carbocycles. The first kappa shape index (κ1) is 27.1. The predicted octanol–water partition coefficient (Wildman–Crippen LogP) is 4.97. The standard InChI is InChI=1S/C14H13N3O2.C12H15NO.C2H6/c15-11-3-1-10(2-4-11)14(19)17-13-7-5-12(6-8-13)16-9-18;14-12(13-8-4-5-9-13)10-11-6-2-1-3-7-11;1-2/h1-9H,15H2,(H,16,18)(H,17,19);1-3,6-7H,4-5,8-10H2;1-2H3. The molecule has 0 bridgehead atoms. The molecule has 3 aromatic rings. The Hall–Kier alpha value is -4.13. The van der Waals surface area contributed by atoms with Gasteiger partial charge in [-0.05, 0) is 66.9 Å². The fourth-order valence-electron chi connectivity index (χ4n) is 3.40. The number of nitrogens with two attached hydrogens (primary N) is 1. The molecule has 1 fully saturated rings. The molecule has 1 aliphatic heterocycles. The number of anilines is 3. The van der Waals surface area contributed by atoms with Crippen molar-refractivity contribution in [2.24, 2.45) is 0 Å². The minimum Gasteiger partial charge on any atom is -0.399 e. The van der Waals surface area contributed by atoms with Crippen molar-refractivity contribution in [3.05, 3.63) is 90.0 Å². The summed E-state index contributed by atoms with van der Waals surface area (Å²) in [5.41, 5.74) is 9.13. The molecule has 1 saturated heterocycles. The molecule has 4 rings (SSSR count). The van der Waals surface area contributed by atoms with E-state index >= 15 is 0 Å². The van der Waals surface area contributed by atoms with Crippen LogP contribution in [-0.4, -0.2) is 36.2 Å². The third-order valence-corrected chi connectivity index (χ3v) is 5.20. The molecule has 4 N–H and O–H groups in total. The van der Waals surface area contributed by atoms with Gasteiger partial charge in [0.1, 0.15) is 0 Å². The van der Waals surface area contributed by atoms with Crippen molar-refractivity contribution in [1.82, 2.24) is 4.90 Å². The van der Waals surface area contributed by atoms with E-state index in [2.05, 4.69) is 10.6 Å². The summed E-state index contributed by atoms with van der Waals surface area (Å²) in [4.78, 5) is 35.9. The number of hydrogen-bond donors (Lipinski definition) is 3. The number of nitrogens with one attached hydrogen (secondary N) is 2. The van der Waals surface area contributed by atoms with Gasteiger partial charge in [0.25, 0.3) is 5.91 Å². The van der Waals surface area contributed by atoms with Gasteiger partial charge in [-0.25, -0.2) is 0 Å². The lowest BCUT2D eigenvalue weighted by atomic mass is 10.1. The molecule has 0 radical (unpaired) electrons. The van der Waals surface area contributed by atoms with Crippen molar-refractivity contribution in [2.45, 2.75) is 33.1 Å². The van der Waals surface area contributed by atoms with Gasteiger partial charge in [0.05, 0.1) is 6.42 Å². The maximum absolute atomic E-state index is 11.9. The number of nitrogens with zero attached hydrogens (tertiary/aromatic N) is 1. The van der Waals surface area contributed by atoms with Gasteiger partial charge < -0.3 is 21.3 Å². The lowest BCUT2D eigenvalue weighted by Gasteiger charge is -2.14. The lowest BCUT2D eigenvalue weighted by Crippen LogP contribution is -2.28. The number of rotatable bonds is 6. The highest BCUT2D eigenvalue weighted by Gasteiger charge is 2.17. The first-order valence-corrected chi connectivity index (χ1v) is 11.8. The average Bonchev–Trinajstić information content (AvgIpc) is 3.44. The van der Waals surface area contributed by atoms with E-state index in [-0.39, 0.29) is 11.8 Å². The highest BCUT2D eigenvalue weighted by atomic mass is 16.2. The first-order valence-electron chi connectivity index (χ1n) is 11.8. The minimum absolute atomic E-state index is 0.212. The Labute approximate surface area is 207 Å². The van der Waals surface area contributed by atoms with Crippen molar-refractivity contribution < 1.29 is 14.4 Å². The third kappa shape index (κ3) is 9.33. The Bertz CT molecular complexity index is 1050. The van der Waals surface area contributed by atoms with Gasteiger partial charge in [-0.15, -0.1) is 0 Å². The number of carbonyl (C=O) groups is 3. The molecule has 0 atom stereocenters. The van der Waals surface area contributed by atoms with Crippen LogP contribution in [0.1, 0.15) is 42.6 Å². The van der Waals surface area contributed by atoms with E-state index in [4.69, 9.17) is 5.73 Å². The maximum atomic E-state index is 11.9. The van der Waals surface area contributed by atoms with Crippen LogP contribution in [0.4, 0.5) is 17.1 Å². The number of amides is 3. The zero-order valence-electron chi connectivity index (χ0n) is 20.4. The predicted molar refractivity (Wildman–Crippen MR) is 142 cm³/mol.